The summed E-state index contributed by atoms with van der Waals surface area (Å²) in [4.78, 5) is 18.6. The van der Waals surface area contributed by atoms with Crippen molar-refractivity contribution < 1.29 is 23.1 Å². The van der Waals surface area contributed by atoms with Gasteiger partial charge < -0.3 is 5.11 Å². The monoisotopic (exact) mass is 274 g/mol. The van der Waals surface area contributed by atoms with Crippen LogP contribution in [-0.2, 0) is 4.79 Å². The van der Waals surface area contributed by atoms with Gasteiger partial charge in [-0.3, -0.25) is 4.79 Å². The van der Waals surface area contributed by atoms with Crippen molar-refractivity contribution in [3.05, 3.63) is 23.8 Å². The molecule has 1 fully saturated rings. The summed E-state index contributed by atoms with van der Waals surface area (Å²) >= 11 is 0. The van der Waals surface area contributed by atoms with Crippen LogP contribution in [0, 0.1) is 12.3 Å². The number of aryl methyl sites for hydroxylation is 1. The molecule has 1 atom stereocenters. The molecule has 0 unspecified atom stereocenters. The van der Waals surface area contributed by atoms with Gasteiger partial charge in [-0.1, -0.05) is 0 Å². The Morgan fingerprint density at radius 1 is 1.42 bits per heavy atom. The van der Waals surface area contributed by atoms with E-state index in [1.165, 1.54) is 12.4 Å². The lowest BCUT2D eigenvalue weighted by molar-refractivity contribution is -0.195. The van der Waals surface area contributed by atoms with E-state index in [0.717, 1.165) is 0 Å². The fourth-order valence-corrected chi connectivity index (χ4v) is 2.35. The zero-order chi connectivity index (χ0) is 14.3. The molecule has 1 heterocycles. The first kappa shape index (κ1) is 13.8. The Bertz CT molecular complexity index is 481. The Balaban J connectivity index is 2.37. The summed E-state index contributed by atoms with van der Waals surface area (Å²) in [7, 11) is 0. The van der Waals surface area contributed by atoms with Gasteiger partial charge in [0.05, 0.1) is 11.8 Å². The van der Waals surface area contributed by atoms with Crippen molar-refractivity contribution in [2.75, 3.05) is 0 Å². The average Bonchev–Trinajstić information content (AvgIpc) is 3.07. The second-order valence-electron chi connectivity index (χ2n) is 4.87. The van der Waals surface area contributed by atoms with Crippen LogP contribution in [0.15, 0.2) is 12.4 Å². The van der Waals surface area contributed by atoms with Gasteiger partial charge in [-0.2, -0.15) is 13.2 Å². The molecule has 0 spiro atoms. The summed E-state index contributed by atoms with van der Waals surface area (Å²) in [6, 6.07) is 0. The first-order valence-corrected chi connectivity index (χ1v) is 5.83. The van der Waals surface area contributed by atoms with Crippen molar-refractivity contribution >= 4 is 5.97 Å². The van der Waals surface area contributed by atoms with E-state index in [1.54, 1.807) is 6.92 Å². The molecule has 4 nitrogen and oxygen atoms in total. The molecule has 1 aromatic heterocycles. The number of nitrogens with zero attached hydrogens (tertiary/aromatic N) is 2. The number of hydrogen-bond donors (Lipinski definition) is 1. The van der Waals surface area contributed by atoms with Gasteiger partial charge in [0.25, 0.3) is 0 Å². The van der Waals surface area contributed by atoms with Gasteiger partial charge in [0.1, 0.15) is 5.82 Å². The van der Waals surface area contributed by atoms with Crippen LogP contribution in [0.25, 0.3) is 0 Å². The second-order valence-corrected chi connectivity index (χ2v) is 4.87. The van der Waals surface area contributed by atoms with Gasteiger partial charge >= 0.3 is 12.1 Å². The van der Waals surface area contributed by atoms with Gasteiger partial charge in [0.15, 0.2) is 0 Å². The third-order valence-corrected chi connectivity index (χ3v) is 3.60. The summed E-state index contributed by atoms with van der Waals surface area (Å²) in [6.45, 7) is 1.62. The van der Waals surface area contributed by atoms with Crippen LogP contribution in [0.3, 0.4) is 0 Å². The van der Waals surface area contributed by atoms with Gasteiger partial charge in [0, 0.05) is 18.3 Å². The molecule has 1 aliphatic rings. The summed E-state index contributed by atoms with van der Waals surface area (Å²) in [5.74, 6) is -1.93. The fourth-order valence-electron chi connectivity index (χ4n) is 2.35. The van der Waals surface area contributed by atoms with Gasteiger partial charge in [-0.05, 0) is 25.3 Å². The largest absolute Gasteiger partial charge is 0.481 e. The first-order chi connectivity index (χ1) is 8.76. The maximum absolute atomic E-state index is 13.1. The van der Waals surface area contributed by atoms with Gasteiger partial charge in [0.2, 0.25) is 0 Å². The van der Waals surface area contributed by atoms with Crippen molar-refractivity contribution in [1.29, 1.82) is 0 Å². The number of hydrogen-bond acceptors (Lipinski definition) is 3. The summed E-state index contributed by atoms with van der Waals surface area (Å²) in [5.41, 5.74) is -1.69. The van der Waals surface area contributed by atoms with E-state index in [9.17, 15) is 18.0 Å². The standard InChI is InChI=1S/C12H13F3N2O2/c1-7-16-5-8(6-17-7)9(4-10(18)19)11(2-3-11)12(13,14)15/h5-6,9H,2-4H2,1H3,(H,18,19)/t9-/m0/s1. The first-order valence-electron chi connectivity index (χ1n) is 5.83. The second kappa shape index (κ2) is 4.47. The minimum Gasteiger partial charge on any atom is -0.481 e. The van der Waals surface area contributed by atoms with Crippen molar-refractivity contribution in [3.8, 4) is 0 Å². The smallest absolute Gasteiger partial charge is 0.395 e. The van der Waals surface area contributed by atoms with E-state index in [0.29, 0.717) is 5.82 Å². The Hall–Kier alpha value is -1.66. The van der Waals surface area contributed by atoms with Crippen LogP contribution in [0.2, 0.25) is 0 Å². The molecule has 19 heavy (non-hydrogen) atoms. The lowest BCUT2D eigenvalue weighted by Gasteiger charge is -2.28. The number of aromatic nitrogens is 2. The van der Waals surface area contributed by atoms with Crippen LogP contribution >= 0.6 is 0 Å². The minimum atomic E-state index is -4.40. The molecular weight excluding hydrogens is 261 g/mol. The molecular formula is C12H13F3N2O2. The Morgan fingerprint density at radius 3 is 2.32 bits per heavy atom. The number of halogens is 3. The van der Waals surface area contributed by atoms with Gasteiger partial charge in [-0.15, -0.1) is 0 Å². The number of carboxylic acid groups (broad SMARTS) is 1. The maximum atomic E-state index is 13.1. The SMILES string of the molecule is Cc1ncc([C@H](CC(=O)O)C2(C(F)(F)F)CC2)cn1. The highest BCUT2D eigenvalue weighted by Gasteiger charge is 2.67. The molecule has 7 heteroatoms. The number of carboxylic acids is 1. The summed E-state index contributed by atoms with van der Waals surface area (Å²) in [5, 5.41) is 8.85. The normalized spacial score (nSPS) is 18.9. The van der Waals surface area contributed by atoms with E-state index in [4.69, 9.17) is 5.11 Å². The molecule has 0 bridgehead atoms. The zero-order valence-corrected chi connectivity index (χ0v) is 10.2. The molecule has 1 aromatic rings. The number of carbonyl (C=O) groups is 1. The number of alkyl halides is 3. The maximum Gasteiger partial charge on any atom is 0.395 e. The van der Waals surface area contributed by atoms with Crippen molar-refractivity contribution in [3.63, 3.8) is 0 Å². The molecule has 104 valence electrons. The molecule has 0 saturated heterocycles. The van der Waals surface area contributed by atoms with Crippen LogP contribution < -0.4 is 0 Å². The average molecular weight is 274 g/mol. The molecule has 0 aliphatic heterocycles. The third kappa shape index (κ3) is 2.54. The molecule has 1 aliphatic carbocycles. The molecule has 1 saturated carbocycles. The molecule has 0 radical (unpaired) electrons. The highest BCUT2D eigenvalue weighted by atomic mass is 19.4. The molecule has 2 rings (SSSR count). The highest BCUT2D eigenvalue weighted by molar-refractivity contribution is 5.68. The molecule has 0 amide bonds. The third-order valence-electron chi connectivity index (χ3n) is 3.60. The van der Waals surface area contributed by atoms with Crippen molar-refractivity contribution in [2.24, 2.45) is 5.41 Å². The van der Waals surface area contributed by atoms with E-state index in [1.807, 2.05) is 0 Å². The molecule has 0 aromatic carbocycles. The fraction of sp³-hybridized carbons (Fsp3) is 0.583. The van der Waals surface area contributed by atoms with E-state index in [2.05, 4.69) is 9.97 Å². The predicted molar refractivity (Wildman–Crippen MR) is 59.5 cm³/mol. The predicted octanol–water partition coefficient (Wildman–Crippen LogP) is 2.69. The Morgan fingerprint density at radius 2 is 1.95 bits per heavy atom. The highest BCUT2D eigenvalue weighted by Crippen LogP contribution is 2.66. The van der Waals surface area contributed by atoms with E-state index >= 15 is 0 Å². The lowest BCUT2D eigenvalue weighted by Crippen LogP contribution is -2.32. The quantitative estimate of drug-likeness (QED) is 0.916. The van der Waals surface area contributed by atoms with E-state index in [-0.39, 0.29) is 18.4 Å². The van der Waals surface area contributed by atoms with Crippen LogP contribution in [-0.4, -0.2) is 27.2 Å². The number of aliphatic carboxylic acids is 1. The summed E-state index contributed by atoms with van der Waals surface area (Å²) < 4.78 is 39.4. The summed E-state index contributed by atoms with van der Waals surface area (Å²) in [6.07, 6.45) is -2.46. The van der Waals surface area contributed by atoms with Crippen molar-refractivity contribution in [2.45, 2.75) is 38.3 Å². The van der Waals surface area contributed by atoms with E-state index < -0.39 is 29.9 Å². The zero-order valence-electron chi connectivity index (χ0n) is 10.2. The lowest BCUT2D eigenvalue weighted by atomic mass is 9.81. The van der Waals surface area contributed by atoms with Crippen LogP contribution in [0.5, 0.6) is 0 Å². The van der Waals surface area contributed by atoms with Crippen LogP contribution in [0.1, 0.15) is 36.6 Å². The Kier molecular flexibility index (Phi) is 3.24. The molecule has 1 N–H and O–H groups in total. The Labute approximate surface area is 107 Å². The minimum absolute atomic E-state index is 0.0394. The van der Waals surface area contributed by atoms with Gasteiger partial charge in [-0.25, -0.2) is 9.97 Å². The van der Waals surface area contributed by atoms with Crippen molar-refractivity contribution in [1.82, 2.24) is 9.97 Å². The number of rotatable bonds is 4. The van der Waals surface area contributed by atoms with Crippen LogP contribution in [0.4, 0.5) is 13.2 Å². The topological polar surface area (TPSA) is 63.1 Å².